The van der Waals surface area contributed by atoms with Gasteiger partial charge >= 0.3 is 0 Å². The van der Waals surface area contributed by atoms with Crippen LogP contribution in [0.15, 0.2) is 12.3 Å². The van der Waals surface area contributed by atoms with Crippen molar-refractivity contribution in [1.29, 1.82) is 0 Å². The van der Waals surface area contributed by atoms with Crippen molar-refractivity contribution in [2.24, 2.45) is 0 Å². The topological polar surface area (TPSA) is 22.1 Å². The van der Waals surface area contributed by atoms with Crippen molar-refractivity contribution >= 4 is 23.2 Å². The molecule has 0 spiro atoms. The van der Waals surface area contributed by atoms with Crippen LogP contribution in [0.2, 0.25) is 10.2 Å². The Morgan fingerprint density at radius 3 is 2.80 bits per heavy atom. The molecule has 1 heterocycles. The molecule has 0 amide bonds. The molecule has 2 nitrogen and oxygen atoms in total. The van der Waals surface area contributed by atoms with Crippen LogP contribution in [0, 0.1) is 0 Å². The third kappa shape index (κ3) is 4.37. The van der Waals surface area contributed by atoms with Crippen LogP contribution in [0.1, 0.15) is 32.3 Å². The van der Waals surface area contributed by atoms with E-state index in [1.165, 1.54) is 0 Å². The Morgan fingerprint density at radius 2 is 2.20 bits per heavy atom. The second-order valence-corrected chi connectivity index (χ2v) is 4.30. The predicted molar refractivity (Wildman–Crippen MR) is 63.4 cm³/mol. The fraction of sp³-hybridized carbons (Fsp3) is 0.545. The molecule has 0 radical (unpaired) electrons. The predicted octanol–water partition coefficient (Wildman–Crippen LogP) is 4.09. The molecular formula is C11H15Cl2NO. The van der Waals surface area contributed by atoms with Gasteiger partial charge < -0.3 is 4.74 Å². The lowest BCUT2D eigenvalue weighted by atomic mass is 10.2. The Balaban J connectivity index is 2.50. The van der Waals surface area contributed by atoms with E-state index in [2.05, 4.69) is 18.8 Å². The molecule has 0 N–H and O–H groups in total. The van der Waals surface area contributed by atoms with Crippen LogP contribution in [0.5, 0.6) is 0 Å². The van der Waals surface area contributed by atoms with E-state index in [9.17, 15) is 0 Å². The molecule has 1 unspecified atom stereocenters. The normalized spacial score (nSPS) is 12.8. The van der Waals surface area contributed by atoms with Gasteiger partial charge in [0.15, 0.2) is 0 Å². The van der Waals surface area contributed by atoms with Crippen molar-refractivity contribution in [3.63, 3.8) is 0 Å². The van der Waals surface area contributed by atoms with Crippen LogP contribution in [0.4, 0.5) is 0 Å². The summed E-state index contributed by atoms with van der Waals surface area (Å²) >= 11 is 11.7. The fourth-order valence-corrected chi connectivity index (χ4v) is 1.68. The van der Waals surface area contributed by atoms with Crippen LogP contribution in [-0.2, 0) is 11.3 Å². The first kappa shape index (κ1) is 12.8. The quantitative estimate of drug-likeness (QED) is 0.732. The zero-order valence-corrected chi connectivity index (χ0v) is 10.5. The standard InChI is InChI=1S/C11H15Cl2NO/c1-3-4-8(2)15-7-9-6-14-11(13)5-10(9)12/h5-6,8H,3-4,7H2,1-2H3. The molecule has 0 bridgehead atoms. The van der Waals surface area contributed by atoms with E-state index in [0.717, 1.165) is 18.4 Å². The fourth-order valence-electron chi connectivity index (χ4n) is 1.26. The molecule has 1 aromatic heterocycles. The highest BCUT2D eigenvalue weighted by Crippen LogP contribution is 2.20. The summed E-state index contributed by atoms with van der Waals surface area (Å²) in [5.74, 6) is 0. The summed E-state index contributed by atoms with van der Waals surface area (Å²) < 4.78 is 5.62. The molecule has 15 heavy (non-hydrogen) atoms. The largest absolute Gasteiger partial charge is 0.374 e. The van der Waals surface area contributed by atoms with Crippen molar-refractivity contribution in [3.8, 4) is 0 Å². The molecule has 0 aliphatic heterocycles. The van der Waals surface area contributed by atoms with Gasteiger partial charge in [-0.1, -0.05) is 36.5 Å². The summed E-state index contributed by atoms with van der Waals surface area (Å²) in [7, 11) is 0. The van der Waals surface area contributed by atoms with Crippen molar-refractivity contribution in [2.45, 2.75) is 39.4 Å². The Labute approximate surface area is 101 Å². The summed E-state index contributed by atoms with van der Waals surface area (Å²) in [5, 5.41) is 1.02. The Kier molecular flexibility index (Phi) is 5.37. The molecule has 1 aromatic rings. The minimum absolute atomic E-state index is 0.252. The molecule has 0 fully saturated rings. The number of aromatic nitrogens is 1. The number of halogens is 2. The van der Waals surface area contributed by atoms with Crippen molar-refractivity contribution < 1.29 is 4.74 Å². The maximum Gasteiger partial charge on any atom is 0.130 e. The van der Waals surface area contributed by atoms with Gasteiger partial charge in [-0.2, -0.15) is 0 Å². The van der Waals surface area contributed by atoms with E-state index < -0.39 is 0 Å². The minimum Gasteiger partial charge on any atom is -0.374 e. The molecule has 4 heteroatoms. The van der Waals surface area contributed by atoms with Gasteiger partial charge in [-0.25, -0.2) is 4.98 Å². The van der Waals surface area contributed by atoms with Crippen molar-refractivity contribution in [1.82, 2.24) is 4.98 Å². The van der Waals surface area contributed by atoms with E-state index in [1.54, 1.807) is 12.3 Å². The highest BCUT2D eigenvalue weighted by atomic mass is 35.5. The lowest BCUT2D eigenvalue weighted by Crippen LogP contribution is -2.07. The number of nitrogens with zero attached hydrogens (tertiary/aromatic N) is 1. The SMILES string of the molecule is CCCC(C)OCc1cnc(Cl)cc1Cl. The first-order valence-corrected chi connectivity index (χ1v) is 5.80. The van der Waals surface area contributed by atoms with Gasteiger partial charge in [-0.3, -0.25) is 0 Å². The number of rotatable bonds is 5. The maximum absolute atomic E-state index is 5.99. The lowest BCUT2D eigenvalue weighted by Gasteiger charge is -2.12. The summed E-state index contributed by atoms with van der Waals surface area (Å²) in [6, 6.07) is 1.63. The summed E-state index contributed by atoms with van der Waals surface area (Å²) in [5.41, 5.74) is 0.879. The molecule has 1 rings (SSSR count). The number of hydrogen-bond donors (Lipinski definition) is 0. The Morgan fingerprint density at radius 1 is 1.47 bits per heavy atom. The molecule has 0 aliphatic carbocycles. The Bertz CT molecular complexity index is 317. The molecule has 0 saturated heterocycles. The van der Waals surface area contributed by atoms with Gasteiger partial charge in [0.25, 0.3) is 0 Å². The smallest absolute Gasteiger partial charge is 0.130 e. The molecule has 0 saturated carbocycles. The first-order valence-electron chi connectivity index (χ1n) is 5.05. The first-order chi connectivity index (χ1) is 7.13. The van der Waals surface area contributed by atoms with E-state index in [4.69, 9.17) is 27.9 Å². The van der Waals surface area contributed by atoms with Crippen LogP contribution in [0.3, 0.4) is 0 Å². The number of ether oxygens (including phenoxy) is 1. The van der Waals surface area contributed by atoms with E-state index in [1.807, 2.05) is 0 Å². The third-order valence-electron chi connectivity index (χ3n) is 2.11. The lowest BCUT2D eigenvalue weighted by molar-refractivity contribution is 0.0471. The summed E-state index contributed by atoms with van der Waals surface area (Å²) in [6.45, 7) is 4.68. The third-order valence-corrected chi connectivity index (χ3v) is 2.67. The minimum atomic E-state index is 0.252. The zero-order chi connectivity index (χ0) is 11.3. The van der Waals surface area contributed by atoms with E-state index >= 15 is 0 Å². The van der Waals surface area contributed by atoms with Crippen molar-refractivity contribution in [3.05, 3.63) is 28.0 Å². The van der Waals surface area contributed by atoms with Gasteiger partial charge in [-0.15, -0.1) is 0 Å². The highest BCUT2D eigenvalue weighted by molar-refractivity contribution is 6.34. The van der Waals surface area contributed by atoms with Gasteiger partial charge in [-0.05, 0) is 19.4 Å². The Hall–Kier alpha value is -0.310. The molecule has 0 aromatic carbocycles. The highest BCUT2D eigenvalue weighted by Gasteiger charge is 2.05. The molecular weight excluding hydrogens is 233 g/mol. The average Bonchev–Trinajstić information content (AvgIpc) is 2.17. The van der Waals surface area contributed by atoms with Crippen LogP contribution >= 0.6 is 23.2 Å². The van der Waals surface area contributed by atoms with Crippen molar-refractivity contribution in [2.75, 3.05) is 0 Å². The number of hydrogen-bond acceptors (Lipinski definition) is 2. The van der Waals surface area contributed by atoms with E-state index in [0.29, 0.717) is 16.8 Å². The van der Waals surface area contributed by atoms with Gasteiger partial charge in [0.05, 0.1) is 17.7 Å². The monoisotopic (exact) mass is 247 g/mol. The van der Waals surface area contributed by atoms with Gasteiger partial charge in [0.1, 0.15) is 5.15 Å². The second-order valence-electron chi connectivity index (χ2n) is 3.51. The molecule has 0 aliphatic rings. The maximum atomic E-state index is 5.99. The number of pyridine rings is 1. The molecule has 84 valence electrons. The van der Waals surface area contributed by atoms with Crippen LogP contribution in [-0.4, -0.2) is 11.1 Å². The summed E-state index contributed by atoms with van der Waals surface area (Å²) in [4.78, 5) is 3.96. The van der Waals surface area contributed by atoms with Crippen LogP contribution in [0.25, 0.3) is 0 Å². The van der Waals surface area contributed by atoms with Gasteiger partial charge in [0, 0.05) is 11.8 Å². The van der Waals surface area contributed by atoms with Crippen LogP contribution < -0.4 is 0 Å². The molecule has 1 atom stereocenters. The zero-order valence-electron chi connectivity index (χ0n) is 8.96. The second kappa shape index (κ2) is 6.31. The van der Waals surface area contributed by atoms with Gasteiger partial charge in [0.2, 0.25) is 0 Å². The van der Waals surface area contributed by atoms with E-state index in [-0.39, 0.29) is 6.10 Å². The average molecular weight is 248 g/mol. The summed E-state index contributed by atoms with van der Waals surface area (Å²) in [6.07, 6.45) is 4.08.